The summed E-state index contributed by atoms with van der Waals surface area (Å²) in [6.45, 7) is 1.85. The smallest absolute Gasteiger partial charge is 0.328 e. The van der Waals surface area contributed by atoms with E-state index in [0.717, 1.165) is 50.0 Å². The molecular weight excluding hydrogens is 290 g/mol. The molecule has 0 saturated carbocycles. The van der Waals surface area contributed by atoms with Crippen molar-refractivity contribution in [1.29, 1.82) is 0 Å². The van der Waals surface area contributed by atoms with Crippen LogP contribution in [0.3, 0.4) is 0 Å². The monoisotopic (exact) mass is 315 g/mol. The summed E-state index contributed by atoms with van der Waals surface area (Å²) in [5, 5.41) is 3.20. The standard InChI is InChI=1S/C18H25N3O2/c1-21(2)11-9-13-12-20-14-6-3-4-8-16(17(13)14)23-18(22)15-7-5-10-19-15/h3-4,8,12,15,19-20H,5-7,9-11H2,1-2H3/t15-/m0/s1. The summed E-state index contributed by atoms with van der Waals surface area (Å²) in [4.78, 5) is 17.9. The molecule has 0 aromatic carbocycles. The third-order valence-corrected chi connectivity index (χ3v) is 4.38. The number of nitrogens with zero attached hydrogens (tertiary/aromatic N) is 1. The zero-order valence-electron chi connectivity index (χ0n) is 13.9. The Morgan fingerprint density at radius 3 is 3.04 bits per heavy atom. The van der Waals surface area contributed by atoms with Crippen LogP contribution in [0.25, 0.3) is 5.76 Å². The summed E-state index contributed by atoms with van der Waals surface area (Å²) in [6, 6.07) is -0.171. The third kappa shape index (κ3) is 3.74. The van der Waals surface area contributed by atoms with Crippen molar-refractivity contribution in [1.82, 2.24) is 15.2 Å². The van der Waals surface area contributed by atoms with Gasteiger partial charge in [0.2, 0.25) is 0 Å². The highest BCUT2D eigenvalue weighted by molar-refractivity contribution is 5.84. The SMILES string of the molecule is CN(C)CCc1c[nH]c2c1C(OC(=O)[C@@H]1CCCN1)=CC=CC2. The van der Waals surface area contributed by atoms with Crippen LogP contribution < -0.4 is 5.32 Å². The molecule has 2 N–H and O–H groups in total. The second kappa shape index (κ2) is 7.15. The van der Waals surface area contributed by atoms with Crippen molar-refractivity contribution >= 4 is 11.7 Å². The number of allylic oxidation sites excluding steroid dienone is 3. The molecule has 1 fully saturated rings. The number of hydrogen-bond acceptors (Lipinski definition) is 4. The van der Waals surface area contributed by atoms with Crippen LogP contribution in [0, 0.1) is 0 Å². The Morgan fingerprint density at radius 2 is 2.30 bits per heavy atom. The minimum absolute atomic E-state index is 0.171. The molecular formula is C18H25N3O2. The first-order valence-electron chi connectivity index (χ1n) is 8.31. The summed E-state index contributed by atoms with van der Waals surface area (Å²) in [5.74, 6) is 0.497. The second-order valence-corrected chi connectivity index (χ2v) is 6.45. The lowest BCUT2D eigenvalue weighted by atomic mass is 10.0. The lowest BCUT2D eigenvalue weighted by Crippen LogP contribution is -2.32. The Kier molecular flexibility index (Phi) is 4.98. The summed E-state index contributed by atoms with van der Waals surface area (Å²) in [7, 11) is 4.13. The maximum Gasteiger partial charge on any atom is 0.328 e. The molecule has 5 heteroatoms. The molecule has 23 heavy (non-hydrogen) atoms. The minimum atomic E-state index is -0.172. The van der Waals surface area contributed by atoms with Gasteiger partial charge < -0.3 is 19.9 Å². The first kappa shape index (κ1) is 16.0. The van der Waals surface area contributed by atoms with Gasteiger partial charge in [-0.15, -0.1) is 0 Å². The number of H-pyrrole nitrogens is 1. The number of likely N-dealkylation sites (N-methyl/N-ethyl adjacent to an activating group) is 1. The second-order valence-electron chi connectivity index (χ2n) is 6.45. The Hall–Kier alpha value is -1.85. The van der Waals surface area contributed by atoms with Crippen LogP contribution in [-0.4, -0.2) is 49.1 Å². The summed E-state index contributed by atoms with van der Waals surface area (Å²) >= 11 is 0. The highest BCUT2D eigenvalue weighted by Gasteiger charge is 2.26. The fourth-order valence-electron chi connectivity index (χ4n) is 3.10. The van der Waals surface area contributed by atoms with E-state index in [-0.39, 0.29) is 12.0 Å². The maximum absolute atomic E-state index is 12.4. The molecule has 1 aliphatic carbocycles. The number of carbonyl (C=O) groups is 1. The number of fused-ring (bicyclic) bond motifs is 1. The largest absolute Gasteiger partial charge is 0.425 e. The topological polar surface area (TPSA) is 57.4 Å². The average molecular weight is 315 g/mol. The zero-order chi connectivity index (χ0) is 16.2. The van der Waals surface area contributed by atoms with E-state index in [1.54, 1.807) is 0 Å². The Labute approximate surface area is 137 Å². The van der Waals surface area contributed by atoms with Crippen LogP contribution in [0.2, 0.25) is 0 Å². The van der Waals surface area contributed by atoms with Crippen molar-refractivity contribution in [2.24, 2.45) is 0 Å². The number of nitrogens with one attached hydrogen (secondary N) is 2. The summed E-state index contributed by atoms with van der Waals surface area (Å²) < 4.78 is 5.76. The molecule has 124 valence electrons. The van der Waals surface area contributed by atoms with Crippen LogP contribution in [0.1, 0.15) is 29.7 Å². The van der Waals surface area contributed by atoms with Crippen LogP contribution in [0.4, 0.5) is 0 Å². The Morgan fingerprint density at radius 1 is 1.43 bits per heavy atom. The Bertz CT molecular complexity index is 622. The number of carbonyl (C=O) groups excluding carboxylic acids is 1. The highest BCUT2D eigenvalue weighted by atomic mass is 16.5. The van der Waals surface area contributed by atoms with Gasteiger partial charge in [-0.3, -0.25) is 0 Å². The van der Waals surface area contributed by atoms with Gasteiger partial charge in [0.05, 0.1) is 0 Å². The lowest BCUT2D eigenvalue weighted by Gasteiger charge is -2.15. The molecule has 1 aromatic rings. The van der Waals surface area contributed by atoms with Gasteiger partial charge in [-0.2, -0.15) is 0 Å². The van der Waals surface area contributed by atoms with Gasteiger partial charge in [-0.1, -0.05) is 12.2 Å². The number of hydrogen-bond donors (Lipinski definition) is 2. The number of esters is 1. The van der Waals surface area contributed by atoms with Crippen LogP contribution >= 0.6 is 0 Å². The van der Waals surface area contributed by atoms with Crippen molar-refractivity contribution in [2.75, 3.05) is 27.2 Å². The number of aromatic amines is 1. The molecule has 0 radical (unpaired) electrons. The Balaban J connectivity index is 1.80. The van der Waals surface area contributed by atoms with E-state index in [0.29, 0.717) is 5.76 Å². The van der Waals surface area contributed by atoms with Crippen molar-refractivity contribution < 1.29 is 9.53 Å². The van der Waals surface area contributed by atoms with E-state index in [2.05, 4.69) is 35.4 Å². The number of aromatic nitrogens is 1. The van der Waals surface area contributed by atoms with Crippen molar-refractivity contribution in [3.8, 4) is 0 Å². The van der Waals surface area contributed by atoms with Crippen molar-refractivity contribution in [3.05, 3.63) is 41.2 Å². The summed E-state index contributed by atoms with van der Waals surface area (Å²) in [5.41, 5.74) is 3.38. The predicted octanol–water partition coefficient (Wildman–Crippen LogP) is 1.87. The number of rotatable bonds is 5. The fraction of sp³-hybridized carbons (Fsp3) is 0.500. The van der Waals surface area contributed by atoms with Gasteiger partial charge in [0.15, 0.2) is 0 Å². The molecule has 1 atom stereocenters. The molecule has 0 amide bonds. The van der Waals surface area contributed by atoms with Crippen LogP contribution in [0.5, 0.6) is 0 Å². The highest BCUT2D eigenvalue weighted by Crippen LogP contribution is 2.28. The van der Waals surface area contributed by atoms with Crippen LogP contribution in [0.15, 0.2) is 24.4 Å². The van der Waals surface area contributed by atoms with Gasteiger partial charge >= 0.3 is 5.97 Å². The van der Waals surface area contributed by atoms with Gasteiger partial charge in [0.1, 0.15) is 11.8 Å². The third-order valence-electron chi connectivity index (χ3n) is 4.38. The van der Waals surface area contributed by atoms with Crippen molar-refractivity contribution in [3.63, 3.8) is 0 Å². The van der Waals surface area contributed by atoms with Gasteiger partial charge in [-0.25, -0.2) is 4.79 Å². The van der Waals surface area contributed by atoms with Gasteiger partial charge in [0, 0.05) is 30.4 Å². The zero-order valence-corrected chi connectivity index (χ0v) is 13.9. The average Bonchev–Trinajstić information content (AvgIpc) is 3.14. The molecule has 2 heterocycles. The van der Waals surface area contributed by atoms with E-state index in [1.807, 2.05) is 18.3 Å². The maximum atomic E-state index is 12.4. The molecule has 1 aromatic heterocycles. The lowest BCUT2D eigenvalue weighted by molar-refractivity contribution is -0.138. The molecule has 0 unspecified atom stereocenters. The fourth-order valence-corrected chi connectivity index (χ4v) is 3.10. The van der Waals surface area contributed by atoms with E-state index in [4.69, 9.17) is 4.74 Å². The molecule has 0 spiro atoms. The van der Waals surface area contributed by atoms with E-state index < -0.39 is 0 Å². The minimum Gasteiger partial charge on any atom is -0.425 e. The van der Waals surface area contributed by atoms with Crippen molar-refractivity contribution in [2.45, 2.75) is 31.7 Å². The molecule has 2 aliphatic rings. The molecule has 5 nitrogen and oxygen atoms in total. The van der Waals surface area contributed by atoms with Gasteiger partial charge in [-0.05, 0) is 51.5 Å². The quantitative estimate of drug-likeness (QED) is 0.815. The van der Waals surface area contributed by atoms with Gasteiger partial charge in [0.25, 0.3) is 0 Å². The molecule has 0 bridgehead atoms. The van der Waals surface area contributed by atoms with E-state index >= 15 is 0 Å². The molecule has 1 saturated heterocycles. The normalized spacial score (nSPS) is 20.3. The predicted molar refractivity (Wildman–Crippen MR) is 91.0 cm³/mol. The number of ether oxygens (including phenoxy) is 1. The van der Waals surface area contributed by atoms with E-state index in [9.17, 15) is 4.79 Å². The summed E-state index contributed by atoms with van der Waals surface area (Å²) in [6.07, 6.45) is 11.6. The van der Waals surface area contributed by atoms with E-state index in [1.165, 1.54) is 5.56 Å². The molecule has 3 rings (SSSR count). The first-order valence-corrected chi connectivity index (χ1v) is 8.31. The van der Waals surface area contributed by atoms with Crippen LogP contribution in [-0.2, 0) is 22.4 Å². The first-order chi connectivity index (χ1) is 11.1. The molecule has 1 aliphatic heterocycles.